The van der Waals surface area contributed by atoms with E-state index in [-0.39, 0.29) is 24.5 Å². The normalized spacial score (nSPS) is 13.0. The minimum absolute atomic E-state index is 0.145. The molecule has 0 aliphatic rings. The summed E-state index contributed by atoms with van der Waals surface area (Å²) >= 11 is 5.86. The minimum atomic E-state index is -1.87. The van der Waals surface area contributed by atoms with Gasteiger partial charge in [-0.3, -0.25) is 4.79 Å². The molecule has 1 heterocycles. The van der Waals surface area contributed by atoms with Crippen LogP contribution in [0.15, 0.2) is 85.5 Å². The van der Waals surface area contributed by atoms with Gasteiger partial charge >= 0.3 is 0 Å². The first-order valence-corrected chi connectivity index (χ1v) is 10.9. The Hall–Kier alpha value is -3.88. The zero-order valence-electron chi connectivity index (χ0n) is 18.3. The van der Waals surface area contributed by atoms with Crippen LogP contribution in [-0.2, 0) is 12.1 Å². The van der Waals surface area contributed by atoms with Crippen LogP contribution in [-0.4, -0.2) is 32.3 Å². The lowest BCUT2D eigenvalue weighted by atomic mass is 9.94. The summed E-state index contributed by atoms with van der Waals surface area (Å²) in [6.07, 6.45) is 5.78. The van der Waals surface area contributed by atoms with Crippen LogP contribution in [0.2, 0.25) is 5.02 Å². The van der Waals surface area contributed by atoms with Gasteiger partial charge in [-0.05, 0) is 54.1 Å². The Labute approximate surface area is 205 Å². The maximum atomic E-state index is 14.5. The first kappa shape index (κ1) is 24.3. The summed E-state index contributed by atoms with van der Waals surface area (Å²) in [6, 6.07) is 16.3. The van der Waals surface area contributed by atoms with Crippen molar-refractivity contribution in [3.05, 3.63) is 119 Å². The van der Waals surface area contributed by atoms with Crippen LogP contribution in [0.1, 0.15) is 21.5 Å². The molecule has 35 heavy (non-hydrogen) atoms. The highest BCUT2D eigenvalue weighted by atomic mass is 35.5. The number of carbonyl (C=O) groups excluding carboxylic acids is 1. The van der Waals surface area contributed by atoms with Crippen LogP contribution in [0.25, 0.3) is 6.08 Å². The minimum Gasteiger partial charge on any atom is -0.490 e. The molecule has 1 atom stereocenters. The molecule has 9 heteroatoms. The van der Waals surface area contributed by atoms with Crippen molar-refractivity contribution in [1.29, 1.82) is 0 Å². The van der Waals surface area contributed by atoms with Crippen LogP contribution in [0.4, 0.5) is 8.78 Å². The topological polar surface area (TPSA) is 77.2 Å². The predicted octanol–water partition coefficient (Wildman–Crippen LogP) is 5.07. The van der Waals surface area contributed by atoms with Crippen molar-refractivity contribution in [2.75, 3.05) is 6.61 Å². The molecule has 1 aromatic heterocycles. The number of rotatable bonds is 9. The molecule has 0 radical (unpaired) electrons. The molecular formula is C26H20ClF2N3O3. The molecule has 4 rings (SSSR count). The second kappa shape index (κ2) is 10.6. The molecule has 6 nitrogen and oxygen atoms in total. The van der Waals surface area contributed by atoms with E-state index in [2.05, 4.69) is 10.1 Å². The second-order valence-electron chi connectivity index (χ2n) is 7.81. The molecule has 0 spiro atoms. The first-order valence-electron chi connectivity index (χ1n) is 10.5. The van der Waals surface area contributed by atoms with Crippen molar-refractivity contribution in [2.45, 2.75) is 12.1 Å². The second-order valence-corrected chi connectivity index (χ2v) is 8.25. The largest absolute Gasteiger partial charge is 0.490 e. The first-order chi connectivity index (χ1) is 16.8. The van der Waals surface area contributed by atoms with E-state index >= 15 is 0 Å². The Kier molecular flexibility index (Phi) is 7.33. The molecule has 0 aliphatic heterocycles. The average Bonchev–Trinajstić information content (AvgIpc) is 3.35. The molecule has 0 saturated heterocycles. The molecule has 1 N–H and O–H groups in total. The van der Waals surface area contributed by atoms with Crippen molar-refractivity contribution < 1.29 is 23.4 Å². The number of halogens is 3. The Morgan fingerprint density at radius 3 is 2.49 bits per heavy atom. The predicted molar refractivity (Wildman–Crippen MR) is 127 cm³/mol. The Bertz CT molecular complexity index is 1330. The number of benzene rings is 3. The number of hydrogen-bond acceptors (Lipinski definition) is 5. The van der Waals surface area contributed by atoms with E-state index in [0.717, 1.165) is 11.6 Å². The van der Waals surface area contributed by atoms with Gasteiger partial charge in [0.1, 0.15) is 42.2 Å². The zero-order valence-corrected chi connectivity index (χ0v) is 19.1. The lowest BCUT2D eigenvalue weighted by Gasteiger charge is -2.29. The third kappa shape index (κ3) is 6.17. The molecule has 0 amide bonds. The fourth-order valence-electron chi connectivity index (χ4n) is 3.42. The van der Waals surface area contributed by atoms with Gasteiger partial charge in [-0.2, -0.15) is 5.10 Å². The Morgan fingerprint density at radius 1 is 1.09 bits per heavy atom. The van der Waals surface area contributed by atoms with Gasteiger partial charge in [0.25, 0.3) is 0 Å². The van der Waals surface area contributed by atoms with E-state index in [1.54, 1.807) is 54.6 Å². The zero-order chi connectivity index (χ0) is 24.8. The van der Waals surface area contributed by atoms with Gasteiger partial charge in [0, 0.05) is 22.2 Å². The van der Waals surface area contributed by atoms with Crippen LogP contribution in [0.5, 0.6) is 5.75 Å². The van der Waals surface area contributed by atoms with E-state index in [1.807, 2.05) is 0 Å². The molecule has 0 aliphatic carbocycles. The molecule has 0 fully saturated rings. The maximum absolute atomic E-state index is 14.5. The molecule has 0 unspecified atom stereocenters. The lowest BCUT2D eigenvalue weighted by Crippen LogP contribution is -2.39. The summed E-state index contributed by atoms with van der Waals surface area (Å²) in [5.41, 5.74) is -0.748. The van der Waals surface area contributed by atoms with Gasteiger partial charge in [-0.15, -0.1) is 0 Å². The Balaban J connectivity index is 1.47. The molecular weight excluding hydrogens is 476 g/mol. The molecule has 0 saturated carbocycles. The smallest absolute Gasteiger partial charge is 0.185 e. The van der Waals surface area contributed by atoms with Gasteiger partial charge in [-0.25, -0.2) is 18.4 Å². The van der Waals surface area contributed by atoms with Crippen molar-refractivity contribution in [1.82, 2.24) is 14.8 Å². The summed E-state index contributed by atoms with van der Waals surface area (Å²) < 4.78 is 35.0. The van der Waals surface area contributed by atoms with Crippen LogP contribution >= 0.6 is 11.6 Å². The fourth-order valence-corrected chi connectivity index (χ4v) is 3.54. The van der Waals surface area contributed by atoms with E-state index in [1.165, 1.54) is 29.5 Å². The standard InChI is InChI=1S/C26H20ClF2N3O3/c27-20-6-1-18(2-7-20)3-12-25(33)19-4-9-22(10-5-19)35-15-26(34,14-32-17-30-16-31-32)23-11-8-21(28)13-24(23)29/h1-13,16-17,34H,14-15H2/t26-/m0/s1. The van der Waals surface area contributed by atoms with Crippen molar-refractivity contribution >= 4 is 23.5 Å². The average molecular weight is 496 g/mol. The summed E-state index contributed by atoms with van der Waals surface area (Å²) in [6.45, 7) is -0.541. The number of allylic oxidation sites excluding steroid dienone is 1. The van der Waals surface area contributed by atoms with Crippen molar-refractivity contribution in [2.24, 2.45) is 0 Å². The number of ketones is 1. The molecule has 178 valence electrons. The van der Waals surface area contributed by atoms with E-state index in [4.69, 9.17) is 16.3 Å². The van der Waals surface area contributed by atoms with E-state index < -0.39 is 17.2 Å². The van der Waals surface area contributed by atoms with Gasteiger partial charge in [0.15, 0.2) is 5.78 Å². The summed E-state index contributed by atoms with van der Waals surface area (Å²) in [5.74, 6) is -1.53. The highest BCUT2D eigenvalue weighted by Crippen LogP contribution is 2.28. The van der Waals surface area contributed by atoms with Gasteiger partial charge in [-0.1, -0.05) is 35.9 Å². The summed E-state index contributed by atoms with van der Waals surface area (Å²) in [4.78, 5) is 16.3. The molecule has 0 bridgehead atoms. The number of hydrogen-bond donors (Lipinski definition) is 1. The molecule has 3 aromatic carbocycles. The highest BCUT2D eigenvalue weighted by molar-refractivity contribution is 6.30. The van der Waals surface area contributed by atoms with Gasteiger partial charge in [0.2, 0.25) is 0 Å². The third-order valence-electron chi connectivity index (χ3n) is 5.24. The lowest BCUT2D eigenvalue weighted by molar-refractivity contribution is -0.0297. The van der Waals surface area contributed by atoms with Crippen LogP contribution in [0.3, 0.4) is 0 Å². The van der Waals surface area contributed by atoms with Crippen LogP contribution < -0.4 is 4.74 Å². The quantitative estimate of drug-likeness (QED) is 0.259. The molecule has 4 aromatic rings. The summed E-state index contributed by atoms with van der Waals surface area (Å²) in [5, 5.41) is 15.8. The van der Waals surface area contributed by atoms with Crippen molar-refractivity contribution in [3.8, 4) is 5.75 Å². The van der Waals surface area contributed by atoms with Gasteiger partial charge < -0.3 is 9.84 Å². The SMILES string of the molecule is O=C(C=Cc1ccc(Cl)cc1)c1ccc(OC[C@@](O)(Cn2cncn2)c2ccc(F)cc2F)cc1. The van der Waals surface area contributed by atoms with E-state index in [0.29, 0.717) is 22.4 Å². The number of nitrogens with zero attached hydrogens (tertiary/aromatic N) is 3. The maximum Gasteiger partial charge on any atom is 0.185 e. The Morgan fingerprint density at radius 2 is 1.83 bits per heavy atom. The van der Waals surface area contributed by atoms with Gasteiger partial charge in [0.05, 0.1) is 6.54 Å². The number of carbonyl (C=O) groups is 1. The highest BCUT2D eigenvalue weighted by Gasteiger charge is 2.34. The van der Waals surface area contributed by atoms with E-state index in [9.17, 15) is 18.7 Å². The number of aliphatic hydroxyl groups is 1. The summed E-state index contributed by atoms with van der Waals surface area (Å²) in [7, 11) is 0. The number of aromatic nitrogens is 3. The third-order valence-corrected chi connectivity index (χ3v) is 5.49. The van der Waals surface area contributed by atoms with Crippen LogP contribution in [0, 0.1) is 11.6 Å². The van der Waals surface area contributed by atoms with Crippen molar-refractivity contribution in [3.63, 3.8) is 0 Å². The monoisotopic (exact) mass is 495 g/mol. The fraction of sp³-hybridized carbons (Fsp3) is 0.115. The number of ether oxygens (including phenoxy) is 1.